The van der Waals surface area contributed by atoms with Crippen molar-refractivity contribution in [2.45, 2.75) is 0 Å². The van der Waals surface area contributed by atoms with Crippen LogP contribution in [0, 0.1) is 0 Å². The van der Waals surface area contributed by atoms with Gasteiger partial charge in [0, 0.05) is 22.7 Å². The van der Waals surface area contributed by atoms with E-state index in [1.807, 2.05) is 0 Å². The maximum Gasteiger partial charge on any atom is 0.339 e. The number of hydrogen-bond donors (Lipinski definition) is 1. The number of H-pyrrole nitrogens is 1. The summed E-state index contributed by atoms with van der Waals surface area (Å²) in [5, 5.41) is -2.45. The largest absolute Gasteiger partial charge is 0.465 e. The van der Waals surface area contributed by atoms with E-state index in [9.17, 15) is 14.2 Å². The number of carbonyl (C=O) groups excluding carboxylic acids is 2. The van der Waals surface area contributed by atoms with E-state index in [4.69, 9.17) is 11.6 Å². The molecule has 5 nitrogen and oxygen atoms in total. The number of aromatic nitrogens is 1. The van der Waals surface area contributed by atoms with Crippen LogP contribution in [0.5, 0.6) is 0 Å². The Morgan fingerprint density at radius 3 is 2.38 bits per heavy atom. The topological polar surface area (TPSA) is 76.2 Å². The van der Waals surface area contributed by atoms with Crippen molar-refractivity contribution in [2.75, 3.05) is 7.11 Å². The molecule has 0 unspecified atom stereocenters. The maximum atomic E-state index is 11.4. The zero-order valence-electron chi connectivity index (χ0n) is 10.4. The highest BCUT2D eigenvalue weighted by molar-refractivity contribution is 8.24. The molecule has 10 heteroatoms. The van der Waals surface area contributed by atoms with Crippen LogP contribution in [0.1, 0.15) is 20.7 Å². The van der Waals surface area contributed by atoms with Gasteiger partial charge in [0.05, 0.1) is 17.7 Å². The van der Waals surface area contributed by atoms with Gasteiger partial charge in [-0.15, -0.1) is 0 Å². The highest BCUT2D eigenvalue weighted by Crippen LogP contribution is 2.61. The van der Waals surface area contributed by atoms with Gasteiger partial charge in [-0.3, -0.25) is 9.36 Å². The van der Waals surface area contributed by atoms with Crippen LogP contribution >= 0.6 is 50.5 Å². The van der Waals surface area contributed by atoms with Gasteiger partial charge < -0.3 is 9.72 Å². The SMILES string of the molecule is COC(=O)c1ccc2[nH]cc(C=O)c2c1Cl.O=P(Cl)(Cl)Cl. The van der Waals surface area contributed by atoms with Crippen molar-refractivity contribution in [3.8, 4) is 0 Å². The van der Waals surface area contributed by atoms with Gasteiger partial charge in [-0.05, 0) is 45.9 Å². The Morgan fingerprint density at radius 2 is 1.90 bits per heavy atom. The van der Waals surface area contributed by atoms with E-state index in [-0.39, 0.29) is 10.6 Å². The molecule has 0 aliphatic rings. The minimum absolute atomic E-state index is 0.229. The molecule has 1 aromatic heterocycles. The number of aromatic amines is 1. The number of nitrogens with one attached hydrogen (secondary N) is 1. The summed E-state index contributed by atoms with van der Waals surface area (Å²) in [7, 11) is 1.28. The molecule has 21 heavy (non-hydrogen) atoms. The Balaban J connectivity index is 0.000000383. The average molecular weight is 391 g/mol. The molecule has 0 amide bonds. The molecular formula is C11H8Cl4NO4P. The summed E-state index contributed by atoms with van der Waals surface area (Å²) < 4.78 is 14.1. The Labute approximate surface area is 139 Å². The number of ether oxygens (including phenoxy) is 1. The number of esters is 1. The predicted molar refractivity (Wildman–Crippen MR) is 85.2 cm³/mol. The molecule has 0 atom stereocenters. The smallest absolute Gasteiger partial charge is 0.339 e. The van der Waals surface area contributed by atoms with Gasteiger partial charge in [0.15, 0.2) is 6.29 Å². The van der Waals surface area contributed by atoms with E-state index < -0.39 is 11.2 Å². The summed E-state index contributed by atoms with van der Waals surface area (Å²) in [5.41, 5.74) is 1.38. The van der Waals surface area contributed by atoms with Gasteiger partial charge >= 0.3 is 11.2 Å². The molecule has 1 N–H and O–H groups in total. The van der Waals surface area contributed by atoms with Gasteiger partial charge in [0.1, 0.15) is 0 Å². The molecule has 114 valence electrons. The summed E-state index contributed by atoms with van der Waals surface area (Å²) in [6.45, 7) is 0. The first-order chi connectivity index (χ1) is 9.69. The number of hydrogen-bond acceptors (Lipinski definition) is 4. The second-order valence-electron chi connectivity index (χ2n) is 3.60. The van der Waals surface area contributed by atoms with E-state index in [0.29, 0.717) is 22.8 Å². The molecule has 2 rings (SSSR count). The molecule has 0 fully saturated rings. The summed E-state index contributed by atoms with van der Waals surface area (Å²) in [4.78, 5) is 25.1. The van der Waals surface area contributed by atoms with Gasteiger partial charge in [-0.1, -0.05) is 11.6 Å². The first-order valence-corrected chi connectivity index (χ1v) is 10.0. The molecule has 2 aromatic rings. The predicted octanol–water partition coefficient (Wildman–Crippen LogP) is 5.23. The molecule has 0 aliphatic heterocycles. The quantitative estimate of drug-likeness (QED) is 0.432. The van der Waals surface area contributed by atoms with Crippen LogP contribution in [-0.2, 0) is 9.30 Å². The van der Waals surface area contributed by atoms with Crippen molar-refractivity contribution in [2.24, 2.45) is 0 Å². The maximum absolute atomic E-state index is 11.4. The lowest BCUT2D eigenvalue weighted by Gasteiger charge is -2.03. The number of carbonyl (C=O) groups is 2. The van der Waals surface area contributed by atoms with Gasteiger partial charge in [0.2, 0.25) is 0 Å². The minimum atomic E-state index is -3.22. The molecule has 1 heterocycles. The van der Waals surface area contributed by atoms with Crippen molar-refractivity contribution >= 4 is 73.7 Å². The fraction of sp³-hybridized carbons (Fsp3) is 0.0909. The second-order valence-corrected chi connectivity index (χ2v) is 10.6. The third kappa shape index (κ3) is 5.20. The number of methoxy groups -OCH3 is 1. The molecule has 0 radical (unpaired) electrons. The van der Waals surface area contributed by atoms with Crippen LogP contribution in [0.4, 0.5) is 0 Å². The van der Waals surface area contributed by atoms with E-state index >= 15 is 0 Å². The van der Waals surface area contributed by atoms with Gasteiger partial charge in [-0.25, -0.2) is 4.79 Å². The Bertz CT molecular complexity index is 716. The van der Waals surface area contributed by atoms with Crippen molar-refractivity contribution in [3.05, 3.63) is 34.5 Å². The van der Waals surface area contributed by atoms with Crippen molar-refractivity contribution in [1.82, 2.24) is 4.98 Å². The van der Waals surface area contributed by atoms with E-state index in [1.54, 1.807) is 18.3 Å². The number of halogens is 4. The zero-order valence-corrected chi connectivity index (χ0v) is 14.3. The molecule has 1 aromatic carbocycles. The summed E-state index contributed by atoms with van der Waals surface area (Å²) >= 11 is 19.9. The van der Waals surface area contributed by atoms with E-state index in [2.05, 4.69) is 43.4 Å². The number of benzene rings is 1. The molecule has 0 saturated heterocycles. The van der Waals surface area contributed by atoms with Crippen LogP contribution < -0.4 is 0 Å². The fourth-order valence-corrected chi connectivity index (χ4v) is 1.92. The van der Waals surface area contributed by atoms with Crippen LogP contribution in [0.3, 0.4) is 0 Å². The van der Waals surface area contributed by atoms with Crippen LogP contribution in [-0.4, -0.2) is 24.3 Å². The van der Waals surface area contributed by atoms with Gasteiger partial charge in [-0.2, -0.15) is 0 Å². The van der Waals surface area contributed by atoms with Crippen molar-refractivity contribution in [3.63, 3.8) is 0 Å². The van der Waals surface area contributed by atoms with Crippen LogP contribution in [0.25, 0.3) is 10.9 Å². The fourth-order valence-electron chi connectivity index (χ4n) is 1.57. The van der Waals surface area contributed by atoms with Gasteiger partial charge in [0.25, 0.3) is 0 Å². The normalized spacial score (nSPS) is 10.7. The molecule has 0 saturated carbocycles. The average Bonchev–Trinajstić information content (AvgIpc) is 2.80. The first-order valence-electron chi connectivity index (χ1n) is 5.21. The third-order valence-electron chi connectivity index (χ3n) is 2.35. The number of rotatable bonds is 2. The Morgan fingerprint density at radius 1 is 1.33 bits per heavy atom. The van der Waals surface area contributed by atoms with E-state index in [1.165, 1.54) is 7.11 Å². The summed E-state index contributed by atoms with van der Waals surface area (Å²) in [5.74, 6) is -0.523. The first kappa shape index (κ1) is 18.3. The molecule has 0 spiro atoms. The summed E-state index contributed by atoms with van der Waals surface area (Å²) in [6, 6.07) is 3.24. The molecular weight excluding hydrogens is 383 g/mol. The molecule has 0 aliphatic carbocycles. The lowest BCUT2D eigenvalue weighted by atomic mass is 10.1. The number of fused-ring (bicyclic) bond motifs is 1. The van der Waals surface area contributed by atoms with Crippen molar-refractivity contribution < 1.29 is 18.9 Å². The minimum Gasteiger partial charge on any atom is -0.465 e. The highest BCUT2D eigenvalue weighted by atomic mass is 36.0. The van der Waals surface area contributed by atoms with E-state index in [0.717, 1.165) is 0 Å². The summed E-state index contributed by atoms with van der Waals surface area (Å²) in [6.07, 6.45) is 2.23. The molecule has 0 bridgehead atoms. The van der Waals surface area contributed by atoms with Crippen molar-refractivity contribution in [1.29, 1.82) is 0 Å². The number of aldehydes is 1. The zero-order chi connectivity index (χ0) is 16.2. The van der Waals surface area contributed by atoms with Crippen LogP contribution in [0.15, 0.2) is 18.3 Å². The second kappa shape index (κ2) is 7.52. The third-order valence-corrected chi connectivity index (χ3v) is 2.74. The highest BCUT2D eigenvalue weighted by Gasteiger charge is 2.16. The standard InChI is InChI=1S/C11H8ClNO3.Cl3OP/c1-16-11(15)7-2-3-8-9(10(7)12)6(5-14)4-13-8;1-5(2,3)4/h2-5,13H,1H3;. The monoisotopic (exact) mass is 389 g/mol. The van der Waals surface area contributed by atoms with Crippen LogP contribution in [0.2, 0.25) is 5.02 Å². The lowest BCUT2D eigenvalue weighted by Crippen LogP contribution is -2.02. The lowest BCUT2D eigenvalue weighted by molar-refractivity contribution is 0.0601. The Kier molecular flexibility index (Phi) is 6.57. The Hall–Kier alpha value is -0.710.